The third kappa shape index (κ3) is 2.18. The van der Waals surface area contributed by atoms with Crippen molar-refractivity contribution >= 4 is 23.2 Å². The van der Waals surface area contributed by atoms with Gasteiger partial charge in [0.25, 0.3) is 0 Å². The van der Waals surface area contributed by atoms with Crippen LogP contribution in [0, 0.1) is 0 Å². The van der Waals surface area contributed by atoms with E-state index in [1.807, 2.05) is 18.2 Å². The van der Waals surface area contributed by atoms with Gasteiger partial charge in [-0.2, -0.15) is 0 Å². The minimum Gasteiger partial charge on any atom is -0.454 e. The maximum absolute atomic E-state index is 12.7. The number of aromatic nitrogens is 1. The summed E-state index contributed by atoms with van der Waals surface area (Å²) in [5.74, 6) is 1.39. The van der Waals surface area contributed by atoms with Crippen LogP contribution in [0.2, 0.25) is 5.15 Å². The zero-order chi connectivity index (χ0) is 15.2. The molecule has 0 radical (unpaired) electrons. The van der Waals surface area contributed by atoms with Gasteiger partial charge in [0.15, 0.2) is 11.5 Å². The highest BCUT2D eigenvalue weighted by Crippen LogP contribution is 2.51. The highest BCUT2D eigenvalue weighted by molar-refractivity contribution is 6.29. The topological polar surface area (TPSA) is 60.5 Å². The average Bonchev–Trinajstić information content (AvgIpc) is 3.19. The van der Waals surface area contributed by atoms with Gasteiger partial charge in [0.2, 0.25) is 12.7 Å². The number of nitrogens with zero attached hydrogens (tertiary/aromatic N) is 1. The predicted molar refractivity (Wildman–Crippen MR) is 81.4 cm³/mol. The van der Waals surface area contributed by atoms with Crippen LogP contribution in [0.15, 0.2) is 36.5 Å². The summed E-state index contributed by atoms with van der Waals surface area (Å²) >= 11 is 5.85. The SMILES string of the molecule is O=C(Nc1ccnc(Cl)c1)C1(c2ccc3c(c2)OCO3)CC1. The van der Waals surface area contributed by atoms with Crippen molar-refractivity contribution in [1.82, 2.24) is 4.98 Å². The molecule has 1 saturated carbocycles. The van der Waals surface area contributed by atoms with E-state index < -0.39 is 5.41 Å². The standard InChI is InChI=1S/C16H13ClN2O3/c17-14-8-11(3-6-18-14)19-15(20)16(4-5-16)10-1-2-12-13(7-10)22-9-21-12/h1-3,6-8H,4-5,9H2,(H,18,19,20). The highest BCUT2D eigenvalue weighted by atomic mass is 35.5. The van der Waals surface area contributed by atoms with E-state index >= 15 is 0 Å². The molecule has 2 heterocycles. The maximum atomic E-state index is 12.7. The Hall–Kier alpha value is -2.27. The smallest absolute Gasteiger partial charge is 0.235 e. The Morgan fingerprint density at radius 3 is 2.77 bits per heavy atom. The van der Waals surface area contributed by atoms with Gasteiger partial charge in [-0.3, -0.25) is 4.79 Å². The van der Waals surface area contributed by atoms with Crippen molar-refractivity contribution in [3.8, 4) is 11.5 Å². The van der Waals surface area contributed by atoms with Crippen molar-refractivity contribution < 1.29 is 14.3 Å². The number of ether oxygens (including phenoxy) is 2. The minimum atomic E-state index is -0.489. The number of amides is 1. The van der Waals surface area contributed by atoms with Crippen LogP contribution in [-0.2, 0) is 10.2 Å². The Bertz CT molecular complexity index is 759. The molecule has 1 aliphatic carbocycles. The Balaban J connectivity index is 1.60. The van der Waals surface area contributed by atoms with E-state index in [1.165, 1.54) is 0 Å². The second-order valence-electron chi connectivity index (χ2n) is 5.47. The van der Waals surface area contributed by atoms with E-state index in [0.29, 0.717) is 16.6 Å². The number of halogens is 1. The van der Waals surface area contributed by atoms with E-state index in [2.05, 4.69) is 10.3 Å². The van der Waals surface area contributed by atoms with Crippen LogP contribution in [0.1, 0.15) is 18.4 Å². The van der Waals surface area contributed by atoms with Crippen molar-refractivity contribution in [1.29, 1.82) is 0 Å². The summed E-state index contributed by atoms with van der Waals surface area (Å²) in [6, 6.07) is 9.04. The number of carbonyl (C=O) groups is 1. The highest BCUT2D eigenvalue weighted by Gasteiger charge is 2.51. The number of anilines is 1. The Morgan fingerprint density at radius 2 is 2.00 bits per heavy atom. The fraction of sp³-hybridized carbons (Fsp3) is 0.250. The summed E-state index contributed by atoms with van der Waals surface area (Å²) in [7, 11) is 0. The zero-order valence-corrected chi connectivity index (χ0v) is 12.4. The molecule has 2 aromatic rings. The first kappa shape index (κ1) is 13.4. The van der Waals surface area contributed by atoms with Gasteiger partial charge >= 0.3 is 0 Å². The fourth-order valence-electron chi connectivity index (χ4n) is 2.70. The number of rotatable bonds is 3. The van der Waals surface area contributed by atoms with Crippen molar-refractivity contribution in [2.24, 2.45) is 0 Å². The number of nitrogens with one attached hydrogen (secondary N) is 1. The van der Waals surface area contributed by atoms with Crippen molar-refractivity contribution in [2.45, 2.75) is 18.3 Å². The maximum Gasteiger partial charge on any atom is 0.235 e. The first-order valence-corrected chi connectivity index (χ1v) is 7.38. The number of hydrogen-bond donors (Lipinski definition) is 1. The Morgan fingerprint density at radius 1 is 1.18 bits per heavy atom. The zero-order valence-electron chi connectivity index (χ0n) is 11.6. The molecular formula is C16H13ClN2O3. The number of fused-ring (bicyclic) bond motifs is 1. The number of carbonyl (C=O) groups excluding carboxylic acids is 1. The van der Waals surface area contributed by atoms with Crippen LogP contribution in [-0.4, -0.2) is 17.7 Å². The first-order chi connectivity index (χ1) is 10.7. The van der Waals surface area contributed by atoms with Crippen LogP contribution in [0.5, 0.6) is 11.5 Å². The second kappa shape index (κ2) is 4.88. The van der Waals surface area contributed by atoms with Gasteiger partial charge in [0, 0.05) is 11.9 Å². The van der Waals surface area contributed by atoms with Gasteiger partial charge in [0.1, 0.15) is 5.15 Å². The molecule has 6 heteroatoms. The van der Waals surface area contributed by atoms with E-state index in [0.717, 1.165) is 24.2 Å². The monoisotopic (exact) mass is 316 g/mol. The van der Waals surface area contributed by atoms with Crippen LogP contribution in [0.25, 0.3) is 0 Å². The lowest BCUT2D eigenvalue weighted by atomic mass is 9.94. The average molecular weight is 317 g/mol. The molecule has 0 saturated heterocycles. The lowest BCUT2D eigenvalue weighted by Gasteiger charge is -2.16. The van der Waals surface area contributed by atoms with Crippen LogP contribution < -0.4 is 14.8 Å². The molecule has 4 rings (SSSR count). The summed E-state index contributed by atoms with van der Waals surface area (Å²) in [5, 5.41) is 3.27. The number of pyridine rings is 1. The molecule has 0 bridgehead atoms. The number of benzene rings is 1. The fourth-order valence-corrected chi connectivity index (χ4v) is 2.87. The molecule has 0 atom stereocenters. The van der Waals surface area contributed by atoms with Gasteiger partial charge < -0.3 is 14.8 Å². The molecule has 1 fully saturated rings. The van der Waals surface area contributed by atoms with Crippen molar-refractivity contribution in [3.63, 3.8) is 0 Å². The summed E-state index contributed by atoms with van der Waals surface area (Å²) < 4.78 is 10.7. The van der Waals surface area contributed by atoms with Gasteiger partial charge in [-0.05, 0) is 42.7 Å². The van der Waals surface area contributed by atoms with Crippen molar-refractivity contribution in [2.75, 3.05) is 12.1 Å². The quantitative estimate of drug-likeness (QED) is 0.884. The third-order valence-electron chi connectivity index (χ3n) is 4.09. The molecule has 2 aliphatic rings. The molecule has 0 unspecified atom stereocenters. The summed E-state index contributed by atoms with van der Waals surface area (Å²) in [6.07, 6.45) is 3.20. The molecule has 1 N–H and O–H groups in total. The molecule has 1 aromatic carbocycles. The Labute approximate surface area is 132 Å². The van der Waals surface area contributed by atoms with Gasteiger partial charge in [-0.1, -0.05) is 17.7 Å². The molecule has 22 heavy (non-hydrogen) atoms. The predicted octanol–water partition coefficient (Wildman–Crippen LogP) is 3.13. The normalized spacial score (nSPS) is 17.1. The molecular weight excluding hydrogens is 304 g/mol. The second-order valence-corrected chi connectivity index (χ2v) is 5.86. The van der Waals surface area contributed by atoms with E-state index in [-0.39, 0.29) is 12.7 Å². The lowest BCUT2D eigenvalue weighted by molar-refractivity contribution is -0.118. The van der Waals surface area contributed by atoms with Crippen LogP contribution in [0.4, 0.5) is 5.69 Å². The van der Waals surface area contributed by atoms with Gasteiger partial charge in [0.05, 0.1) is 5.41 Å². The van der Waals surface area contributed by atoms with E-state index in [9.17, 15) is 4.79 Å². The molecule has 112 valence electrons. The minimum absolute atomic E-state index is 0.0337. The largest absolute Gasteiger partial charge is 0.454 e. The van der Waals surface area contributed by atoms with E-state index in [4.69, 9.17) is 21.1 Å². The molecule has 0 spiro atoms. The molecule has 1 aliphatic heterocycles. The van der Waals surface area contributed by atoms with Crippen LogP contribution >= 0.6 is 11.6 Å². The summed E-state index contributed by atoms with van der Waals surface area (Å²) in [6.45, 7) is 0.230. The Kier molecular flexibility index (Phi) is 2.97. The van der Waals surface area contributed by atoms with Crippen LogP contribution in [0.3, 0.4) is 0 Å². The van der Waals surface area contributed by atoms with Gasteiger partial charge in [-0.15, -0.1) is 0 Å². The molecule has 1 amide bonds. The summed E-state index contributed by atoms with van der Waals surface area (Å²) in [5.41, 5.74) is 1.11. The van der Waals surface area contributed by atoms with Crippen molar-refractivity contribution in [3.05, 3.63) is 47.2 Å². The lowest BCUT2D eigenvalue weighted by Crippen LogP contribution is -2.27. The number of hydrogen-bond acceptors (Lipinski definition) is 4. The summed E-state index contributed by atoms with van der Waals surface area (Å²) in [4.78, 5) is 16.6. The third-order valence-corrected chi connectivity index (χ3v) is 4.30. The van der Waals surface area contributed by atoms with E-state index in [1.54, 1.807) is 18.3 Å². The first-order valence-electron chi connectivity index (χ1n) is 7.01. The molecule has 1 aromatic heterocycles. The molecule has 5 nitrogen and oxygen atoms in total. The van der Waals surface area contributed by atoms with Gasteiger partial charge in [-0.25, -0.2) is 4.98 Å².